The number of aromatic nitrogens is 1. The van der Waals surface area contributed by atoms with Crippen LogP contribution in [0.1, 0.15) is 30.6 Å². The summed E-state index contributed by atoms with van der Waals surface area (Å²) in [4.78, 5) is 4.19. The van der Waals surface area contributed by atoms with Crippen molar-refractivity contribution in [3.63, 3.8) is 0 Å². The summed E-state index contributed by atoms with van der Waals surface area (Å²) in [6, 6.07) is 1.93. The Morgan fingerprint density at radius 1 is 1.62 bits per heavy atom. The summed E-state index contributed by atoms with van der Waals surface area (Å²) in [6.45, 7) is 3.93. The molecule has 1 heterocycles. The van der Waals surface area contributed by atoms with Crippen LogP contribution in [0.25, 0.3) is 0 Å². The Hall–Kier alpha value is -0.610. The molecule has 1 aromatic rings. The van der Waals surface area contributed by atoms with Crippen molar-refractivity contribution >= 4 is 21.7 Å². The van der Waals surface area contributed by atoms with Gasteiger partial charge in [0.25, 0.3) is 0 Å². The lowest BCUT2D eigenvalue weighted by Gasteiger charge is -2.12. The number of anilines is 1. The van der Waals surface area contributed by atoms with Gasteiger partial charge in [-0.3, -0.25) is 0 Å². The third kappa shape index (κ3) is 2.19. The third-order valence-corrected chi connectivity index (χ3v) is 2.85. The number of aryl methyl sites for hydroxylation is 1. The van der Waals surface area contributed by atoms with Crippen molar-refractivity contribution in [2.75, 3.05) is 5.73 Å². The van der Waals surface area contributed by atoms with E-state index in [0.717, 1.165) is 22.2 Å². The van der Waals surface area contributed by atoms with E-state index >= 15 is 0 Å². The van der Waals surface area contributed by atoms with E-state index in [-0.39, 0.29) is 6.04 Å². The minimum Gasteiger partial charge on any atom is -0.383 e. The second-order valence-corrected chi connectivity index (χ2v) is 3.90. The fourth-order valence-electron chi connectivity index (χ4n) is 1.13. The highest BCUT2D eigenvalue weighted by atomic mass is 79.9. The number of nitrogen functional groups attached to an aromatic ring is 1. The molecule has 4 heteroatoms. The van der Waals surface area contributed by atoms with Gasteiger partial charge in [-0.1, -0.05) is 6.92 Å². The molecule has 0 aliphatic heterocycles. The van der Waals surface area contributed by atoms with E-state index in [4.69, 9.17) is 11.5 Å². The van der Waals surface area contributed by atoms with Crippen molar-refractivity contribution in [1.82, 2.24) is 4.98 Å². The Morgan fingerprint density at radius 2 is 2.23 bits per heavy atom. The Labute approximate surface area is 86.7 Å². The van der Waals surface area contributed by atoms with Crippen LogP contribution < -0.4 is 11.5 Å². The SMILES string of the molecule is CC[C@@H](N)c1cc(Br)c(C)nc1N. The Balaban J connectivity index is 3.15. The van der Waals surface area contributed by atoms with Gasteiger partial charge in [0.15, 0.2) is 0 Å². The average molecular weight is 244 g/mol. The second kappa shape index (κ2) is 4.07. The molecule has 0 aliphatic rings. The molecule has 0 unspecified atom stereocenters. The largest absolute Gasteiger partial charge is 0.383 e. The van der Waals surface area contributed by atoms with E-state index in [1.54, 1.807) is 0 Å². The fraction of sp³-hybridized carbons (Fsp3) is 0.444. The molecule has 0 bridgehead atoms. The van der Waals surface area contributed by atoms with Gasteiger partial charge >= 0.3 is 0 Å². The topological polar surface area (TPSA) is 64.9 Å². The van der Waals surface area contributed by atoms with Crippen LogP contribution in [0.5, 0.6) is 0 Å². The van der Waals surface area contributed by atoms with Crippen LogP contribution in [0.2, 0.25) is 0 Å². The van der Waals surface area contributed by atoms with Crippen LogP contribution in [-0.2, 0) is 0 Å². The van der Waals surface area contributed by atoms with Gasteiger partial charge in [0.05, 0.1) is 5.69 Å². The second-order valence-electron chi connectivity index (χ2n) is 3.04. The van der Waals surface area contributed by atoms with Gasteiger partial charge < -0.3 is 11.5 Å². The first-order valence-corrected chi connectivity index (χ1v) is 5.03. The van der Waals surface area contributed by atoms with E-state index in [1.165, 1.54) is 0 Å². The predicted molar refractivity (Wildman–Crippen MR) is 58.3 cm³/mol. The van der Waals surface area contributed by atoms with Crippen LogP contribution in [0.15, 0.2) is 10.5 Å². The molecular weight excluding hydrogens is 230 g/mol. The normalized spacial score (nSPS) is 12.9. The predicted octanol–water partition coefficient (Wildman–Crippen LogP) is 2.14. The molecule has 13 heavy (non-hydrogen) atoms. The smallest absolute Gasteiger partial charge is 0.128 e. The molecule has 0 radical (unpaired) electrons. The number of hydrogen-bond donors (Lipinski definition) is 2. The van der Waals surface area contributed by atoms with E-state index in [0.29, 0.717) is 5.82 Å². The summed E-state index contributed by atoms with van der Waals surface area (Å²) in [5.74, 6) is 0.537. The van der Waals surface area contributed by atoms with Crippen LogP contribution in [0.4, 0.5) is 5.82 Å². The van der Waals surface area contributed by atoms with E-state index in [9.17, 15) is 0 Å². The van der Waals surface area contributed by atoms with E-state index in [2.05, 4.69) is 20.9 Å². The zero-order valence-corrected chi connectivity index (χ0v) is 9.43. The van der Waals surface area contributed by atoms with Gasteiger partial charge in [-0.25, -0.2) is 4.98 Å². The molecule has 3 nitrogen and oxygen atoms in total. The number of nitrogens with two attached hydrogens (primary N) is 2. The molecule has 0 saturated carbocycles. The van der Waals surface area contributed by atoms with Crippen LogP contribution in [-0.4, -0.2) is 4.98 Å². The standard InChI is InChI=1S/C9H14BrN3/c1-3-8(11)6-4-7(10)5(2)13-9(6)12/h4,8H,3,11H2,1-2H3,(H2,12,13)/t8-/m1/s1. The van der Waals surface area contributed by atoms with Gasteiger partial charge in [0.2, 0.25) is 0 Å². The Bertz CT molecular complexity index is 312. The quantitative estimate of drug-likeness (QED) is 0.837. The summed E-state index contributed by atoms with van der Waals surface area (Å²) >= 11 is 3.40. The van der Waals surface area contributed by atoms with E-state index in [1.807, 2.05) is 19.9 Å². The first kappa shape index (κ1) is 10.5. The van der Waals surface area contributed by atoms with Crippen molar-refractivity contribution in [2.45, 2.75) is 26.3 Å². The molecule has 72 valence electrons. The molecule has 0 spiro atoms. The molecule has 0 amide bonds. The van der Waals surface area contributed by atoms with E-state index < -0.39 is 0 Å². The summed E-state index contributed by atoms with van der Waals surface area (Å²) < 4.78 is 0.959. The summed E-state index contributed by atoms with van der Waals surface area (Å²) in [7, 11) is 0. The molecule has 4 N–H and O–H groups in total. The van der Waals surface area contributed by atoms with Gasteiger partial charge in [0, 0.05) is 16.1 Å². The fourth-order valence-corrected chi connectivity index (χ4v) is 1.47. The summed E-state index contributed by atoms with van der Waals surface area (Å²) in [5, 5.41) is 0. The lowest BCUT2D eigenvalue weighted by Crippen LogP contribution is -2.12. The minimum absolute atomic E-state index is 0.0237. The molecular formula is C9H14BrN3. The van der Waals surface area contributed by atoms with Crippen LogP contribution in [0, 0.1) is 6.92 Å². The first-order chi connectivity index (χ1) is 6.06. The summed E-state index contributed by atoms with van der Waals surface area (Å²) in [6.07, 6.45) is 0.862. The van der Waals surface area contributed by atoms with Gasteiger partial charge in [0.1, 0.15) is 5.82 Å². The van der Waals surface area contributed by atoms with Gasteiger partial charge in [-0.15, -0.1) is 0 Å². The van der Waals surface area contributed by atoms with Gasteiger partial charge in [-0.2, -0.15) is 0 Å². The number of hydrogen-bond acceptors (Lipinski definition) is 3. The molecule has 0 aromatic carbocycles. The number of pyridine rings is 1. The number of nitrogens with zero attached hydrogens (tertiary/aromatic N) is 1. The lowest BCUT2D eigenvalue weighted by atomic mass is 10.1. The van der Waals surface area contributed by atoms with Crippen LogP contribution in [0.3, 0.4) is 0 Å². The third-order valence-electron chi connectivity index (χ3n) is 2.05. The highest BCUT2D eigenvalue weighted by molar-refractivity contribution is 9.10. The Kier molecular flexibility index (Phi) is 3.27. The monoisotopic (exact) mass is 243 g/mol. The maximum atomic E-state index is 5.87. The molecule has 0 saturated heterocycles. The lowest BCUT2D eigenvalue weighted by molar-refractivity contribution is 0.697. The molecule has 1 aromatic heterocycles. The van der Waals surface area contributed by atoms with Crippen LogP contribution >= 0.6 is 15.9 Å². The van der Waals surface area contributed by atoms with Crippen molar-refractivity contribution in [2.24, 2.45) is 5.73 Å². The maximum absolute atomic E-state index is 5.87. The highest BCUT2D eigenvalue weighted by Gasteiger charge is 2.10. The highest BCUT2D eigenvalue weighted by Crippen LogP contribution is 2.25. The summed E-state index contributed by atoms with van der Waals surface area (Å²) in [5.41, 5.74) is 13.4. The molecule has 0 aliphatic carbocycles. The number of halogens is 1. The van der Waals surface area contributed by atoms with Crippen molar-refractivity contribution < 1.29 is 0 Å². The molecule has 0 fully saturated rings. The van der Waals surface area contributed by atoms with Crippen molar-refractivity contribution in [1.29, 1.82) is 0 Å². The zero-order chi connectivity index (χ0) is 10.0. The van der Waals surface area contributed by atoms with Crippen molar-refractivity contribution in [3.8, 4) is 0 Å². The first-order valence-electron chi connectivity index (χ1n) is 4.24. The molecule has 1 rings (SSSR count). The minimum atomic E-state index is -0.0237. The Morgan fingerprint density at radius 3 is 2.77 bits per heavy atom. The number of rotatable bonds is 2. The average Bonchev–Trinajstić information content (AvgIpc) is 2.10. The zero-order valence-electron chi connectivity index (χ0n) is 7.84. The maximum Gasteiger partial charge on any atom is 0.128 e. The molecule has 1 atom stereocenters. The van der Waals surface area contributed by atoms with Crippen molar-refractivity contribution in [3.05, 3.63) is 21.8 Å². The van der Waals surface area contributed by atoms with Gasteiger partial charge in [-0.05, 0) is 35.3 Å².